The molecule has 0 aromatic carbocycles. The van der Waals surface area contributed by atoms with Crippen LogP contribution in [0.5, 0.6) is 0 Å². The zero-order valence-corrected chi connectivity index (χ0v) is 10.1. The van der Waals surface area contributed by atoms with Gasteiger partial charge in [-0.2, -0.15) is 0 Å². The van der Waals surface area contributed by atoms with Gasteiger partial charge in [0.15, 0.2) is 0 Å². The minimum Gasteiger partial charge on any atom is -0.323 e. The van der Waals surface area contributed by atoms with Crippen LogP contribution in [0.25, 0.3) is 0 Å². The van der Waals surface area contributed by atoms with Gasteiger partial charge in [-0.15, -0.1) is 0 Å². The number of rotatable bonds is 4. The summed E-state index contributed by atoms with van der Waals surface area (Å²) in [5.41, 5.74) is 0.367. The van der Waals surface area contributed by atoms with E-state index in [1.54, 1.807) is 0 Å². The van der Waals surface area contributed by atoms with Crippen LogP contribution in [-0.4, -0.2) is 29.9 Å². The van der Waals surface area contributed by atoms with E-state index < -0.39 is 0 Å². The topological polar surface area (TPSA) is 49.4 Å². The van der Waals surface area contributed by atoms with Crippen molar-refractivity contribution in [1.29, 1.82) is 0 Å². The molecule has 2 aliphatic rings. The molecular weight excluding hydrogens is 204 g/mol. The Bertz CT molecular complexity index is 310. The second-order valence-electron chi connectivity index (χ2n) is 5.33. The molecule has 1 heterocycles. The van der Waals surface area contributed by atoms with Crippen LogP contribution >= 0.6 is 0 Å². The molecule has 1 N–H and O–H groups in total. The molecule has 16 heavy (non-hydrogen) atoms. The number of nitrogens with zero attached hydrogens (tertiary/aromatic N) is 1. The smallest absolute Gasteiger partial charge is 0.323 e. The van der Waals surface area contributed by atoms with Gasteiger partial charge in [-0.25, -0.2) is 4.79 Å². The largest absolute Gasteiger partial charge is 0.324 e. The predicted molar refractivity (Wildman–Crippen MR) is 60.9 cm³/mol. The minimum atomic E-state index is -0.203. The van der Waals surface area contributed by atoms with E-state index in [1.165, 1.54) is 25.7 Å². The van der Waals surface area contributed by atoms with Gasteiger partial charge in [-0.1, -0.05) is 20.3 Å². The molecular formula is C12H20N2O2. The zero-order chi connectivity index (χ0) is 11.8. The zero-order valence-electron chi connectivity index (χ0n) is 10.1. The maximum Gasteiger partial charge on any atom is 0.324 e. The number of hydrogen-bond donors (Lipinski definition) is 1. The van der Waals surface area contributed by atoms with E-state index in [4.69, 9.17) is 0 Å². The van der Waals surface area contributed by atoms with Gasteiger partial charge in [-0.05, 0) is 24.7 Å². The molecule has 0 aromatic rings. The Balaban J connectivity index is 1.94. The van der Waals surface area contributed by atoms with Crippen molar-refractivity contribution in [3.63, 3.8) is 0 Å². The highest BCUT2D eigenvalue weighted by Crippen LogP contribution is 2.50. The summed E-state index contributed by atoms with van der Waals surface area (Å²) in [6, 6.07) is -0.203. The summed E-state index contributed by atoms with van der Waals surface area (Å²) < 4.78 is 0. The highest BCUT2D eigenvalue weighted by molar-refractivity contribution is 5.97. The number of urea groups is 1. The third-order valence-corrected chi connectivity index (χ3v) is 3.72. The Labute approximate surface area is 96.4 Å². The van der Waals surface area contributed by atoms with Gasteiger partial charge in [0.25, 0.3) is 0 Å². The summed E-state index contributed by atoms with van der Waals surface area (Å²) in [6.45, 7) is 5.46. The van der Waals surface area contributed by atoms with Gasteiger partial charge in [0.2, 0.25) is 5.91 Å². The van der Waals surface area contributed by atoms with E-state index >= 15 is 0 Å². The summed E-state index contributed by atoms with van der Waals surface area (Å²) >= 11 is 0. The lowest BCUT2D eigenvalue weighted by molar-refractivity contribution is -0.125. The summed E-state index contributed by atoms with van der Waals surface area (Å²) in [5, 5.41) is 2.42. The molecule has 4 heteroatoms. The molecule has 0 radical (unpaired) electrons. The summed E-state index contributed by atoms with van der Waals surface area (Å²) in [7, 11) is 0. The number of amides is 3. The molecule has 2 fully saturated rings. The number of hydrogen-bond acceptors (Lipinski definition) is 2. The first kappa shape index (κ1) is 11.4. The number of carbonyl (C=O) groups is 2. The fourth-order valence-electron chi connectivity index (χ4n) is 2.54. The van der Waals surface area contributed by atoms with Gasteiger partial charge in [0.1, 0.15) is 0 Å². The van der Waals surface area contributed by atoms with Crippen LogP contribution in [-0.2, 0) is 4.79 Å². The standard InChI is InChI=1S/C12H20N2O2/c1-3-4-12(5-6-12)8-14-7-9(2)10(15)13-11(14)16/h9H,3-8H2,1-2H3,(H,13,15,16). The first-order chi connectivity index (χ1) is 7.56. The van der Waals surface area contributed by atoms with Crippen LogP contribution in [0.1, 0.15) is 39.5 Å². The molecule has 0 bridgehead atoms. The van der Waals surface area contributed by atoms with E-state index in [0.29, 0.717) is 12.0 Å². The molecule has 1 saturated heterocycles. The summed E-state index contributed by atoms with van der Waals surface area (Å²) in [4.78, 5) is 24.8. The lowest BCUT2D eigenvalue weighted by atomic mass is 9.99. The Kier molecular flexibility index (Phi) is 2.91. The molecule has 1 aliphatic carbocycles. The van der Waals surface area contributed by atoms with Crippen molar-refractivity contribution >= 4 is 11.9 Å². The second kappa shape index (κ2) is 4.07. The van der Waals surface area contributed by atoms with Crippen LogP contribution in [0, 0.1) is 11.3 Å². The van der Waals surface area contributed by atoms with E-state index in [9.17, 15) is 9.59 Å². The van der Waals surface area contributed by atoms with Crippen LogP contribution < -0.4 is 5.32 Å². The quantitative estimate of drug-likeness (QED) is 0.791. The first-order valence-corrected chi connectivity index (χ1v) is 6.16. The molecule has 0 spiro atoms. The maximum atomic E-state index is 11.7. The number of imide groups is 1. The molecule has 90 valence electrons. The lowest BCUT2D eigenvalue weighted by Gasteiger charge is -2.33. The van der Waals surface area contributed by atoms with Crippen molar-refractivity contribution < 1.29 is 9.59 Å². The molecule has 3 amide bonds. The Morgan fingerprint density at radius 2 is 2.12 bits per heavy atom. The summed E-state index contributed by atoms with van der Waals surface area (Å²) in [6.07, 6.45) is 4.82. The third-order valence-electron chi connectivity index (χ3n) is 3.72. The lowest BCUT2D eigenvalue weighted by Crippen LogP contribution is -2.55. The first-order valence-electron chi connectivity index (χ1n) is 6.16. The van der Waals surface area contributed by atoms with Crippen LogP contribution in [0.4, 0.5) is 4.79 Å². The van der Waals surface area contributed by atoms with Crippen molar-refractivity contribution in [3.05, 3.63) is 0 Å². The van der Waals surface area contributed by atoms with Crippen LogP contribution in [0.15, 0.2) is 0 Å². The van der Waals surface area contributed by atoms with Gasteiger partial charge in [-0.3, -0.25) is 10.1 Å². The maximum absolute atomic E-state index is 11.7. The fraction of sp³-hybridized carbons (Fsp3) is 0.833. The molecule has 0 aromatic heterocycles. The molecule has 1 aliphatic heterocycles. The van der Waals surface area contributed by atoms with E-state index in [0.717, 1.165) is 6.54 Å². The van der Waals surface area contributed by atoms with Crippen LogP contribution in [0.3, 0.4) is 0 Å². The third kappa shape index (κ3) is 2.20. The molecule has 2 rings (SSSR count). The van der Waals surface area contributed by atoms with Crippen molar-refractivity contribution in [2.75, 3.05) is 13.1 Å². The molecule has 1 atom stereocenters. The second-order valence-corrected chi connectivity index (χ2v) is 5.33. The van der Waals surface area contributed by atoms with Gasteiger partial charge in [0.05, 0.1) is 5.92 Å². The van der Waals surface area contributed by atoms with E-state index in [-0.39, 0.29) is 17.9 Å². The Morgan fingerprint density at radius 3 is 2.69 bits per heavy atom. The minimum absolute atomic E-state index is 0.0740. The Hall–Kier alpha value is -1.06. The van der Waals surface area contributed by atoms with Crippen molar-refractivity contribution in [2.45, 2.75) is 39.5 Å². The number of nitrogens with one attached hydrogen (secondary N) is 1. The molecule has 1 unspecified atom stereocenters. The monoisotopic (exact) mass is 224 g/mol. The van der Waals surface area contributed by atoms with Gasteiger partial charge in [0, 0.05) is 13.1 Å². The van der Waals surface area contributed by atoms with E-state index in [2.05, 4.69) is 12.2 Å². The average Bonchev–Trinajstić information content (AvgIpc) is 2.95. The van der Waals surface area contributed by atoms with Gasteiger partial charge < -0.3 is 4.90 Å². The van der Waals surface area contributed by atoms with Crippen molar-refractivity contribution in [2.24, 2.45) is 11.3 Å². The van der Waals surface area contributed by atoms with Crippen molar-refractivity contribution in [3.8, 4) is 0 Å². The SMILES string of the molecule is CCCC1(CN2CC(C)C(=O)NC2=O)CC1. The summed E-state index contributed by atoms with van der Waals surface area (Å²) in [5.74, 6) is -0.211. The van der Waals surface area contributed by atoms with Crippen LogP contribution in [0.2, 0.25) is 0 Å². The highest BCUT2D eigenvalue weighted by atomic mass is 16.2. The molecule has 1 saturated carbocycles. The highest BCUT2D eigenvalue weighted by Gasteiger charge is 2.45. The fourth-order valence-corrected chi connectivity index (χ4v) is 2.54. The van der Waals surface area contributed by atoms with E-state index in [1.807, 2.05) is 11.8 Å². The average molecular weight is 224 g/mol. The number of carbonyl (C=O) groups excluding carboxylic acids is 2. The normalized spacial score (nSPS) is 27.9. The predicted octanol–water partition coefficient (Wildman–Crippen LogP) is 1.75. The van der Waals surface area contributed by atoms with Crippen molar-refractivity contribution in [1.82, 2.24) is 10.2 Å². The van der Waals surface area contributed by atoms with Gasteiger partial charge >= 0.3 is 6.03 Å². The molecule has 4 nitrogen and oxygen atoms in total. The Morgan fingerprint density at radius 1 is 1.44 bits per heavy atom.